The van der Waals surface area contributed by atoms with Crippen LogP contribution in [0.1, 0.15) is 11.3 Å². The summed E-state index contributed by atoms with van der Waals surface area (Å²) in [4.78, 5) is 8.15. The summed E-state index contributed by atoms with van der Waals surface area (Å²) in [6.07, 6.45) is 0. The van der Waals surface area contributed by atoms with Crippen molar-refractivity contribution in [2.75, 3.05) is 12.4 Å². The molecule has 0 atom stereocenters. The summed E-state index contributed by atoms with van der Waals surface area (Å²) < 4.78 is 26.8. The molecular formula is C13H13F2N3. The molecule has 0 saturated heterocycles. The third kappa shape index (κ3) is 2.16. The van der Waals surface area contributed by atoms with E-state index in [0.717, 1.165) is 0 Å². The van der Waals surface area contributed by atoms with Crippen molar-refractivity contribution in [2.45, 2.75) is 13.8 Å². The Bertz CT molecular complexity index is 597. The number of aromatic nitrogens is 2. The molecule has 0 amide bonds. The quantitative estimate of drug-likeness (QED) is 0.888. The van der Waals surface area contributed by atoms with Gasteiger partial charge >= 0.3 is 0 Å². The van der Waals surface area contributed by atoms with Gasteiger partial charge in [-0.15, -0.1) is 0 Å². The number of halogens is 2. The van der Waals surface area contributed by atoms with Gasteiger partial charge in [0.1, 0.15) is 5.82 Å². The number of hydrogen-bond donors (Lipinski definition) is 1. The van der Waals surface area contributed by atoms with Gasteiger partial charge < -0.3 is 5.32 Å². The number of nitrogens with zero attached hydrogens (tertiary/aromatic N) is 2. The van der Waals surface area contributed by atoms with E-state index in [1.54, 1.807) is 33.0 Å². The van der Waals surface area contributed by atoms with Gasteiger partial charge in [0.25, 0.3) is 0 Å². The second-order valence-electron chi connectivity index (χ2n) is 4.01. The van der Waals surface area contributed by atoms with E-state index in [1.807, 2.05) is 0 Å². The van der Waals surface area contributed by atoms with Gasteiger partial charge in [0, 0.05) is 12.6 Å². The summed E-state index contributed by atoms with van der Waals surface area (Å²) in [7, 11) is 1.59. The Morgan fingerprint density at radius 1 is 1.11 bits per heavy atom. The van der Waals surface area contributed by atoms with Crippen LogP contribution in [-0.4, -0.2) is 17.0 Å². The zero-order valence-corrected chi connectivity index (χ0v) is 10.4. The molecule has 2 rings (SSSR count). The molecule has 1 aromatic heterocycles. The Labute approximate surface area is 104 Å². The van der Waals surface area contributed by atoms with Crippen LogP contribution in [0, 0.1) is 25.5 Å². The minimum absolute atomic E-state index is 0.138. The van der Waals surface area contributed by atoms with Crippen molar-refractivity contribution in [1.82, 2.24) is 9.97 Å². The molecule has 1 N–H and O–H groups in total. The number of benzene rings is 1. The molecule has 0 spiro atoms. The van der Waals surface area contributed by atoms with E-state index < -0.39 is 5.82 Å². The van der Waals surface area contributed by atoms with E-state index >= 15 is 0 Å². The van der Waals surface area contributed by atoms with Crippen molar-refractivity contribution in [1.29, 1.82) is 0 Å². The molecule has 0 fully saturated rings. The third-order valence-electron chi connectivity index (χ3n) is 2.67. The third-order valence-corrected chi connectivity index (χ3v) is 2.67. The average Bonchev–Trinajstić information content (AvgIpc) is 2.36. The van der Waals surface area contributed by atoms with Crippen LogP contribution < -0.4 is 5.32 Å². The van der Waals surface area contributed by atoms with Crippen molar-refractivity contribution in [3.05, 3.63) is 41.1 Å². The molecule has 0 radical (unpaired) electrons. The summed E-state index contributed by atoms with van der Waals surface area (Å²) in [6, 6.07) is 4.57. The summed E-state index contributed by atoms with van der Waals surface area (Å²) in [5, 5.41) is 2.67. The van der Waals surface area contributed by atoms with Crippen molar-refractivity contribution >= 4 is 5.82 Å². The molecule has 0 aliphatic heterocycles. The Balaban J connectivity index is 2.57. The van der Waals surface area contributed by atoms with Crippen LogP contribution in [0.3, 0.4) is 0 Å². The van der Waals surface area contributed by atoms with E-state index in [0.29, 0.717) is 17.0 Å². The molecule has 0 aliphatic rings. The van der Waals surface area contributed by atoms with Gasteiger partial charge in [-0.3, -0.25) is 0 Å². The Kier molecular flexibility index (Phi) is 3.23. The highest BCUT2D eigenvalue weighted by Gasteiger charge is 2.12. The molecule has 0 aliphatic carbocycles. The molecule has 5 heteroatoms. The first-order chi connectivity index (χ1) is 8.52. The molecule has 18 heavy (non-hydrogen) atoms. The highest BCUT2D eigenvalue weighted by atomic mass is 19.1. The first-order valence-electron chi connectivity index (χ1n) is 5.51. The normalized spacial score (nSPS) is 10.5. The largest absolute Gasteiger partial charge is 0.371 e. The van der Waals surface area contributed by atoms with E-state index in [2.05, 4.69) is 15.3 Å². The molecule has 0 unspecified atom stereocenters. The summed E-state index contributed by atoms with van der Waals surface area (Å²) >= 11 is 0. The highest BCUT2D eigenvalue weighted by Crippen LogP contribution is 2.22. The van der Waals surface area contributed by atoms with Gasteiger partial charge in [-0.25, -0.2) is 18.7 Å². The number of aryl methyl sites for hydroxylation is 2. The maximum atomic E-state index is 13.6. The van der Waals surface area contributed by atoms with Gasteiger partial charge in [-0.2, -0.15) is 0 Å². The van der Waals surface area contributed by atoms with Crippen molar-refractivity contribution in [2.24, 2.45) is 0 Å². The average molecular weight is 249 g/mol. The van der Waals surface area contributed by atoms with Crippen LogP contribution in [-0.2, 0) is 0 Å². The van der Waals surface area contributed by atoms with Gasteiger partial charge in [-0.05, 0) is 37.6 Å². The monoisotopic (exact) mass is 249 g/mol. The standard InChI is InChI=1S/C13H13F2N3/c1-7-6-9(4-5-10(7)14)12-17-8(2)11(15)13(16-3)18-12/h4-6H,1-3H3,(H,16,17,18). The van der Waals surface area contributed by atoms with Crippen LogP contribution in [0.2, 0.25) is 0 Å². The smallest absolute Gasteiger partial charge is 0.186 e. The second kappa shape index (κ2) is 4.68. The SMILES string of the molecule is CNc1nc(-c2ccc(F)c(C)c2)nc(C)c1F. The van der Waals surface area contributed by atoms with E-state index in [-0.39, 0.29) is 17.3 Å². The molecule has 1 heterocycles. The Hall–Kier alpha value is -2.04. The van der Waals surface area contributed by atoms with Crippen molar-refractivity contribution in [3.8, 4) is 11.4 Å². The first-order valence-corrected chi connectivity index (χ1v) is 5.51. The lowest BCUT2D eigenvalue weighted by Crippen LogP contribution is -2.03. The predicted octanol–water partition coefficient (Wildman–Crippen LogP) is 3.08. The Morgan fingerprint density at radius 3 is 2.44 bits per heavy atom. The minimum Gasteiger partial charge on any atom is -0.371 e. The zero-order valence-electron chi connectivity index (χ0n) is 10.4. The summed E-state index contributed by atoms with van der Waals surface area (Å²) in [6.45, 7) is 3.23. The Morgan fingerprint density at radius 2 is 1.83 bits per heavy atom. The second-order valence-corrected chi connectivity index (χ2v) is 4.01. The van der Waals surface area contributed by atoms with Crippen molar-refractivity contribution < 1.29 is 8.78 Å². The molecule has 94 valence electrons. The topological polar surface area (TPSA) is 37.8 Å². The van der Waals surface area contributed by atoms with Crippen molar-refractivity contribution in [3.63, 3.8) is 0 Å². The van der Waals surface area contributed by atoms with Crippen LogP contribution in [0.4, 0.5) is 14.6 Å². The molecule has 1 aromatic carbocycles. The maximum Gasteiger partial charge on any atom is 0.186 e. The number of rotatable bonds is 2. The zero-order chi connectivity index (χ0) is 13.3. The molecule has 3 nitrogen and oxygen atoms in total. The highest BCUT2D eigenvalue weighted by molar-refractivity contribution is 5.59. The fourth-order valence-electron chi connectivity index (χ4n) is 1.64. The van der Waals surface area contributed by atoms with Gasteiger partial charge in [0.2, 0.25) is 0 Å². The van der Waals surface area contributed by atoms with E-state index in [9.17, 15) is 8.78 Å². The van der Waals surface area contributed by atoms with Crippen LogP contribution >= 0.6 is 0 Å². The minimum atomic E-state index is -0.472. The number of hydrogen-bond acceptors (Lipinski definition) is 3. The fourth-order valence-corrected chi connectivity index (χ4v) is 1.64. The summed E-state index contributed by atoms with van der Waals surface area (Å²) in [5.74, 6) is -0.243. The molecule has 0 bridgehead atoms. The van der Waals surface area contributed by atoms with Crippen LogP contribution in [0.5, 0.6) is 0 Å². The first kappa shape index (κ1) is 12.4. The number of nitrogens with one attached hydrogen (secondary N) is 1. The van der Waals surface area contributed by atoms with E-state index in [1.165, 1.54) is 6.07 Å². The van der Waals surface area contributed by atoms with Gasteiger partial charge in [0.15, 0.2) is 17.5 Å². The van der Waals surface area contributed by atoms with E-state index in [4.69, 9.17) is 0 Å². The lowest BCUT2D eigenvalue weighted by molar-refractivity contribution is 0.607. The van der Waals surface area contributed by atoms with Crippen LogP contribution in [0.25, 0.3) is 11.4 Å². The lowest BCUT2D eigenvalue weighted by atomic mass is 10.1. The molecule has 0 saturated carbocycles. The molecule has 2 aromatic rings. The molecular weight excluding hydrogens is 236 g/mol. The predicted molar refractivity (Wildman–Crippen MR) is 66.4 cm³/mol. The van der Waals surface area contributed by atoms with Gasteiger partial charge in [0.05, 0.1) is 5.69 Å². The summed E-state index contributed by atoms with van der Waals surface area (Å²) in [5.41, 5.74) is 1.42. The maximum absolute atomic E-state index is 13.6. The van der Waals surface area contributed by atoms with Crippen LogP contribution in [0.15, 0.2) is 18.2 Å². The fraction of sp³-hybridized carbons (Fsp3) is 0.231. The number of anilines is 1. The van der Waals surface area contributed by atoms with Gasteiger partial charge in [-0.1, -0.05) is 0 Å². The lowest BCUT2D eigenvalue weighted by Gasteiger charge is -2.08.